The summed E-state index contributed by atoms with van der Waals surface area (Å²) in [5.74, 6) is 0. The van der Waals surface area contributed by atoms with Gasteiger partial charge in [0.2, 0.25) is 0 Å². The molecule has 0 spiro atoms. The Labute approximate surface area is 125 Å². The minimum Gasteiger partial charge on any atom is -0.330 e. The molecular formula is C17H24N2S. The summed E-state index contributed by atoms with van der Waals surface area (Å²) in [6, 6.07) is 12.3. The average Bonchev–Trinajstić information content (AvgIpc) is 2.91. The molecule has 1 aliphatic rings. The van der Waals surface area contributed by atoms with E-state index >= 15 is 0 Å². The van der Waals surface area contributed by atoms with Crippen molar-refractivity contribution in [3.8, 4) is 0 Å². The fourth-order valence-corrected chi connectivity index (χ4v) is 4.54. The largest absolute Gasteiger partial charge is 0.330 e. The highest BCUT2D eigenvalue weighted by molar-refractivity contribution is 7.19. The van der Waals surface area contributed by atoms with Crippen molar-refractivity contribution in [3.63, 3.8) is 0 Å². The van der Waals surface area contributed by atoms with Gasteiger partial charge in [0.15, 0.2) is 0 Å². The molecule has 2 unspecified atom stereocenters. The van der Waals surface area contributed by atoms with E-state index in [0.29, 0.717) is 12.1 Å². The zero-order valence-corrected chi connectivity index (χ0v) is 13.0. The SMILES string of the molecule is CC(c1cc2ccccc2s1)N1CCCCC1CCN. The summed E-state index contributed by atoms with van der Waals surface area (Å²) in [4.78, 5) is 4.18. The second-order valence-electron chi connectivity index (χ2n) is 5.83. The van der Waals surface area contributed by atoms with Gasteiger partial charge in [-0.2, -0.15) is 0 Å². The van der Waals surface area contributed by atoms with Gasteiger partial charge in [-0.05, 0) is 56.8 Å². The molecule has 1 aromatic carbocycles. The van der Waals surface area contributed by atoms with Crippen LogP contribution in [0.3, 0.4) is 0 Å². The van der Waals surface area contributed by atoms with E-state index in [9.17, 15) is 0 Å². The Morgan fingerprint density at radius 2 is 2.20 bits per heavy atom. The highest BCUT2D eigenvalue weighted by atomic mass is 32.1. The number of hydrogen-bond donors (Lipinski definition) is 1. The van der Waals surface area contributed by atoms with Crippen LogP contribution in [0.2, 0.25) is 0 Å². The lowest BCUT2D eigenvalue weighted by atomic mass is 9.97. The maximum Gasteiger partial charge on any atom is 0.0416 e. The Morgan fingerprint density at radius 3 is 3.00 bits per heavy atom. The Bertz CT molecular complexity index is 528. The number of piperidine rings is 1. The van der Waals surface area contributed by atoms with Gasteiger partial charge in [0.1, 0.15) is 0 Å². The van der Waals surface area contributed by atoms with E-state index in [1.807, 2.05) is 11.3 Å². The molecule has 2 N–H and O–H groups in total. The first kappa shape index (κ1) is 14.1. The van der Waals surface area contributed by atoms with Crippen LogP contribution in [0.25, 0.3) is 10.1 Å². The number of nitrogens with two attached hydrogens (primary N) is 1. The first-order valence-corrected chi connectivity index (χ1v) is 8.55. The van der Waals surface area contributed by atoms with Crippen molar-refractivity contribution < 1.29 is 0 Å². The van der Waals surface area contributed by atoms with Crippen LogP contribution in [0.4, 0.5) is 0 Å². The summed E-state index contributed by atoms with van der Waals surface area (Å²) >= 11 is 1.95. The number of benzene rings is 1. The quantitative estimate of drug-likeness (QED) is 0.915. The highest BCUT2D eigenvalue weighted by Gasteiger charge is 2.27. The number of nitrogens with zero attached hydrogens (tertiary/aromatic N) is 1. The molecule has 1 saturated heterocycles. The van der Waals surface area contributed by atoms with Crippen LogP contribution < -0.4 is 5.73 Å². The first-order valence-electron chi connectivity index (χ1n) is 7.74. The van der Waals surface area contributed by atoms with E-state index in [0.717, 1.165) is 13.0 Å². The van der Waals surface area contributed by atoms with Crippen LogP contribution in [-0.2, 0) is 0 Å². The normalized spacial score (nSPS) is 22.2. The molecule has 2 heterocycles. The highest BCUT2D eigenvalue weighted by Crippen LogP contribution is 2.35. The summed E-state index contributed by atoms with van der Waals surface area (Å²) in [5.41, 5.74) is 5.80. The van der Waals surface area contributed by atoms with Crippen LogP contribution in [0.1, 0.15) is 43.5 Å². The lowest BCUT2D eigenvalue weighted by Gasteiger charge is -2.39. The number of fused-ring (bicyclic) bond motifs is 1. The fourth-order valence-electron chi connectivity index (χ4n) is 3.41. The molecule has 0 bridgehead atoms. The summed E-state index contributed by atoms with van der Waals surface area (Å²) in [5, 5.41) is 1.38. The zero-order valence-electron chi connectivity index (χ0n) is 12.2. The summed E-state index contributed by atoms with van der Waals surface area (Å²) in [7, 11) is 0. The monoisotopic (exact) mass is 288 g/mol. The molecule has 20 heavy (non-hydrogen) atoms. The van der Waals surface area contributed by atoms with Gasteiger partial charge in [0.25, 0.3) is 0 Å². The fraction of sp³-hybridized carbons (Fsp3) is 0.529. The van der Waals surface area contributed by atoms with Gasteiger partial charge in [-0.3, -0.25) is 4.90 Å². The van der Waals surface area contributed by atoms with Crippen LogP contribution in [0, 0.1) is 0 Å². The van der Waals surface area contributed by atoms with Crippen molar-refractivity contribution in [2.45, 2.75) is 44.7 Å². The molecule has 0 radical (unpaired) electrons. The van der Waals surface area contributed by atoms with Crippen molar-refractivity contribution >= 4 is 21.4 Å². The van der Waals surface area contributed by atoms with E-state index < -0.39 is 0 Å². The number of thiophene rings is 1. The number of rotatable bonds is 4. The molecule has 2 aromatic rings. The molecule has 1 aromatic heterocycles. The second kappa shape index (κ2) is 6.25. The molecule has 0 amide bonds. The summed E-state index contributed by atoms with van der Waals surface area (Å²) in [6.07, 6.45) is 5.14. The summed E-state index contributed by atoms with van der Waals surface area (Å²) < 4.78 is 1.40. The Kier molecular flexibility index (Phi) is 4.39. The third kappa shape index (κ3) is 2.76. The predicted molar refractivity (Wildman–Crippen MR) is 88.3 cm³/mol. The van der Waals surface area contributed by atoms with Crippen molar-refractivity contribution in [1.29, 1.82) is 0 Å². The van der Waals surface area contributed by atoms with E-state index in [1.165, 1.54) is 40.8 Å². The van der Waals surface area contributed by atoms with Gasteiger partial charge in [-0.25, -0.2) is 0 Å². The lowest BCUT2D eigenvalue weighted by molar-refractivity contribution is 0.100. The smallest absolute Gasteiger partial charge is 0.0416 e. The zero-order chi connectivity index (χ0) is 13.9. The van der Waals surface area contributed by atoms with Gasteiger partial charge < -0.3 is 5.73 Å². The lowest BCUT2D eigenvalue weighted by Crippen LogP contribution is -2.41. The topological polar surface area (TPSA) is 29.3 Å². The Balaban J connectivity index is 1.84. The second-order valence-corrected chi connectivity index (χ2v) is 6.94. The molecule has 2 atom stereocenters. The maximum atomic E-state index is 5.80. The average molecular weight is 288 g/mol. The van der Waals surface area contributed by atoms with Gasteiger partial charge in [0.05, 0.1) is 0 Å². The Morgan fingerprint density at radius 1 is 1.35 bits per heavy atom. The maximum absolute atomic E-state index is 5.80. The van der Waals surface area contributed by atoms with Gasteiger partial charge >= 0.3 is 0 Å². The van der Waals surface area contributed by atoms with Crippen molar-refractivity contribution in [2.24, 2.45) is 5.73 Å². The van der Waals surface area contributed by atoms with Crippen LogP contribution in [0.15, 0.2) is 30.3 Å². The van der Waals surface area contributed by atoms with Crippen LogP contribution in [-0.4, -0.2) is 24.0 Å². The molecule has 108 valence electrons. The molecule has 1 aliphatic heterocycles. The van der Waals surface area contributed by atoms with Crippen LogP contribution >= 0.6 is 11.3 Å². The molecule has 3 heteroatoms. The molecule has 2 nitrogen and oxygen atoms in total. The van der Waals surface area contributed by atoms with Gasteiger partial charge in [-0.1, -0.05) is 24.6 Å². The van der Waals surface area contributed by atoms with Gasteiger partial charge in [0, 0.05) is 21.7 Å². The third-order valence-corrected chi connectivity index (χ3v) is 5.81. The minimum atomic E-state index is 0.518. The van der Waals surface area contributed by atoms with Crippen molar-refractivity contribution in [1.82, 2.24) is 4.90 Å². The van der Waals surface area contributed by atoms with Gasteiger partial charge in [-0.15, -0.1) is 11.3 Å². The molecule has 1 fully saturated rings. The van der Waals surface area contributed by atoms with E-state index in [-0.39, 0.29) is 0 Å². The van der Waals surface area contributed by atoms with E-state index in [2.05, 4.69) is 42.2 Å². The van der Waals surface area contributed by atoms with Crippen molar-refractivity contribution in [2.75, 3.05) is 13.1 Å². The number of likely N-dealkylation sites (tertiary alicyclic amines) is 1. The molecule has 0 saturated carbocycles. The first-order chi connectivity index (χ1) is 9.79. The molecule has 3 rings (SSSR count). The number of hydrogen-bond acceptors (Lipinski definition) is 3. The third-order valence-electron chi connectivity index (χ3n) is 4.53. The van der Waals surface area contributed by atoms with Crippen LogP contribution in [0.5, 0.6) is 0 Å². The summed E-state index contributed by atoms with van der Waals surface area (Å²) in [6.45, 7) is 4.39. The molecular weight excluding hydrogens is 264 g/mol. The van der Waals surface area contributed by atoms with Crippen molar-refractivity contribution in [3.05, 3.63) is 35.2 Å². The predicted octanol–water partition coefficient (Wildman–Crippen LogP) is 4.17. The van der Waals surface area contributed by atoms with E-state index in [1.54, 1.807) is 0 Å². The minimum absolute atomic E-state index is 0.518. The Hall–Kier alpha value is -0.900. The molecule has 0 aliphatic carbocycles. The standard InChI is InChI=1S/C17H24N2S/c1-13(19-11-5-4-7-15(19)9-10-18)17-12-14-6-2-3-8-16(14)20-17/h2-3,6,8,12-13,15H,4-5,7,9-11,18H2,1H3. The van der Waals surface area contributed by atoms with E-state index in [4.69, 9.17) is 5.73 Å².